The minimum absolute atomic E-state index is 0.0166. The smallest absolute Gasteiger partial charge is 0.233 e. The van der Waals surface area contributed by atoms with Gasteiger partial charge >= 0.3 is 0 Å². The van der Waals surface area contributed by atoms with Gasteiger partial charge in [-0.1, -0.05) is 36.2 Å². The predicted molar refractivity (Wildman–Crippen MR) is 96.3 cm³/mol. The molecule has 1 aromatic carbocycles. The molecule has 24 heavy (non-hydrogen) atoms. The molecular weight excluding hydrogens is 346 g/mol. The van der Waals surface area contributed by atoms with Crippen LogP contribution in [0, 0.1) is 0 Å². The van der Waals surface area contributed by atoms with E-state index in [4.69, 9.17) is 17.4 Å². The first-order chi connectivity index (χ1) is 11.5. The van der Waals surface area contributed by atoms with Crippen LogP contribution in [0.25, 0.3) is 11.4 Å². The fourth-order valence-electron chi connectivity index (χ4n) is 2.75. The minimum Gasteiger partial charge on any atom is -0.352 e. The quantitative estimate of drug-likeness (QED) is 0.628. The fourth-order valence-corrected chi connectivity index (χ4v) is 3.66. The molecule has 1 fully saturated rings. The number of hydrogen-bond donors (Lipinski definition) is 2. The van der Waals surface area contributed by atoms with Gasteiger partial charge < -0.3 is 11.2 Å². The van der Waals surface area contributed by atoms with Gasteiger partial charge in [-0.25, -0.2) is 4.68 Å². The predicted octanol–water partition coefficient (Wildman–Crippen LogP) is 2.85. The van der Waals surface area contributed by atoms with E-state index in [0.717, 1.165) is 18.4 Å². The molecule has 0 aliphatic heterocycles. The molecule has 0 unspecified atom stereocenters. The van der Waals surface area contributed by atoms with Crippen molar-refractivity contribution in [2.45, 2.75) is 49.1 Å². The van der Waals surface area contributed by atoms with Gasteiger partial charge in [0.25, 0.3) is 0 Å². The molecule has 1 aromatic heterocycles. The van der Waals surface area contributed by atoms with E-state index in [-0.39, 0.29) is 11.2 Å². The summed E-state index contributed by atoms with van der Waals surface area (Å²) in [7, 11) is 0. The van der Waals surface area contributed by atoms with Crippen LogP contribution >= 0.6 is 23.4 Å². The molecule has 8 heteroatoms. The van der Waals surface area contributed by atoms with Crippen LogP contribution in [0.3, 0.4) is 0 Å². The summed E-state index contributed by atoms with van der Waals surface area (Å²) in [6, 6.07) is 7.52. The van der Waals surface area contributed by atoms with Crippen LogP contribution in [0.2, 0.25) is 5.02 Å². The normalized spacial score (nSPS) is 16.2. The Labute approximate surface area is 150 Å². The number of nitrogens with two attached hydrogens (primary N) is 1. The van der Waals surface area contributed by atoms with Crippen LogP contribution in [0.5, 0.6) is 0 Å². The Hall–Kier alpha value is -1.73. The molecular formula is C16H20ClN5OS. The Morgan fingerprint density at radius 3 is 2.67 bits per heavy atom. The highest BCUT2D eigenvalue weighted by molar-refractivity contribution is 8.00. The van der Waals surface area contributed by atoms with Crippen LogP contribution in [-0.2, 0) is 4.79 Å². The lowest BCUT2D eigenvalue weighted by Crippen LogP contribution is -2.37. The second-order valence-corrected chi connectivity index (χ2v) is 7.68. The standard InChI is InChI=1S/C16H20ClN5OS/c1-10(15(23)19-13-4-2-3-5-13)24-16-21-20-14(22(16)18)11-6-8-12(17)9-7-11/h6-10,13H,2-5,18H2,1H3,(H,19,23)/t10-/m1/s1. The first-order valence-electron chi connectivity index (χ1n) is 7.98. The number of benzene rings is 1. The molecule has 3 N–H and O–H groups in total. The zero-order valence-electron chi connectivity index (χ0n) is 13.4. The summed E-state index contributed by atoms with van der Waals surface area (Å²) in [6.45, 7) is 1.85. The third-order valence-corrected chi connectivity index (χ3v) is 5.43. The topological polar surface area (TPSA) is 85.8 Å². The van der Waals surface area contributed by atoms with Crippen molar-refractivity contribution in [3.63, 3.8) is 0 Å². The zero-order chi connectivity index (χ0) is 17.1. The number of amides is 1. The Bertz CT molecular complexity index is 712. The van der Waals surface area contributed by atoms with Gasteiger partial charge in [-0.15, -0.1) is 10.2 Å². The van der Waals surface area contributed by atoms with Gasteiger partial charge in [-0.05, 0) is 44.0 Å². The van der Waals surface area contributed by atoms with Crippen molar-refractivity contribution in [3.8, 4) is 11.4 Å². The van der Waals surface area contributed by atoms with Crippen molar-refractivity contribution in [1.29, 1.82) is 0 Å². The first-order valence-corrected chi connectivity index (χ1v) is 9.24. The average Bonchev–Trinajstić information content (AvgIpc) is 3.19. The Kier molecular flexibility index (Phi) is 5.30. The second-order valence-electron chi connectivity index (χ2n) is 5.93. The summed E-state index contributed by atoms with van der Waals surface area (Å²) < 4.78 is 1.41. The lowest BCUT2D eigenvalue weighted by Gasteiger charge is -2.15. The summed E-state index contributed by atoms with van der Waals surface area (Å²) in [5, 5.41) is 12.2. The molecule has 1 aliphatic carbocycles. The molecule has 6 nitrogen and oxygen atoms in total. The largest absolute Gasteiger partial charge is 0.352 e. The summed E-state index contributed by atoms with van der Waals surface area (Å²) >= 11 is 7.20. The zero-order valence-corrected chi connectivity index (χ0v) is 15.0. The maximum absolute atomic E-state index is 12.3. The van der Waals surface area contributed by atoms with Crippen molar-refractivity contribution in [2.24, 2.45) is 0 Å². The molecule has 1 heterocycles. The van der Waals surface area contributed by atoms with Crippen molar-refractivity contribution in [1.82, 2.24) is 20.2 Å². The van der Waals surface area contributed by atoms with Crippen LogP contribution in [-0.4, -0.2) is 32.1 Å². The van der Waals surface area contributed by atoms with E-state index in [1.165, 1.54) is 29.3 Å². The summed E-state index contributed by atoms with van der Waals surface area (Å²) in [5.74, 6) is 6.65. The number of carbonyl (C=O) groups is 1. The molecule has 0 spiro atoms. The van der Waals surface area contributed by atoms with Crippen molar-refractivity contribution < 1.29 is 4.79 Å². The van der Waals surface area contributed by atoms with Crippen LogP contribution in [0.1, 0.15) is 32.6 Å². The lowest BCUT2D eigenvalue weighted by molar-refractivity contribution is -0.120. The SMILES string of the molecule is C[C@@H](Sc1nnc(-c2ccc(Cl)cc2)n1N)C(=O)NC1CCCC1. The van der Waals surface area contributed by atoms with E-state index in [9.17, 15) is 4.79 Å². The maximum Gasteiger partial charge on any atom is 0.233 e. The van der Waals surface area contributed by atoms with Crippen LogP contribution in [0.4, 0.5) is 0 Å². The maximum atomic E-state index is 12.3. The third kappa shape index (κ3) is 3.84. The number of nitrogens with zero attached hydrogens (tertiary/aromatic N) is 3. The van der Waals surface area contributed by atoms with Gasteiger partial charge in [0.1, 0.15) is 0 Å². The van der Waals surface area contributed by atoms with Crippen molar-refractivity contribution in [2.75, 3.05) is 5.84 Å². The molecule has 1 atom stereocenters. The second kappa shape index (κ2) is 7.44. The molecule has 2 aromatic rings. The molecule has 128 valence electrons. The number of aromatic nitrogens is 3. The van der Waals surface area contributed by atoms with E-state index in [1.54, 1.807) is 12.1 Å². The fraction of sp³-hybridized carbons (Fsp3) is 0.438. The van der Waals surface area contributed by atoms with Gasteiger partial charge in [0.2, 0.25) is 11.1 Å². The highest BCUT2D eigenvalue weighted by Crippen LogP contribution is 2.26. The molecule has 1 saturated carbocycles. The van der Waals surface area contributed by atoms with Gasteiger partial charge in [-0.2, -0.15) is 0 Å². The van der Waals surface area contributed by atoms with Crippen LogP contribution < -0.4 is 11.2 Å². The first kappa shape index (κ1) is 17.1. The van der Waals surface area contributed by atoms with Gasteiger partial charge in [-0.3, -0.25) is 4.79 Å². The van der Waals surface area contributed by atoms with Gasteiger partial charge in [0.05, 0.1) is 5.25 Å². The number of carbonyl (C=O) groups excluding carboxylic acids is 1. The molecule has 0 radical (unpaired) electrons. The van der Waals surface area contributed by atoms with Gasteiger partial charge in [0.15, 0.2) is 5.82 Å². The number of halogens is 1. The van der Waals surface area contributed by atoms with Crippen molar-refractivity contribution >= 4 is 29.3 Å². The Morgan fingerprint density at radius 1 is 1.33 bits per heavy atom. The molecule has 0 bridgehead atoms. The Balaban J connectivity index is 1.66. The third-order valence-electron chi connectivity index (χ3n) is 4.12. The summed E-state index contributed by atoms with van der Waals surface area (Å²) in [6.07, 6.45) is 4.51. The number of nitrogens with one attached hydrogen (secondary N) is 1. The Morgan fingerprint density at radius 2 is 2.00 bits per heavy atom. The highest BCUT2D eigenvalue weighted by atomic mass is 35.5. The molecule has 1 amide bonds. The van der Waals surface area contributed by atoms with E-state index in [1.807, 2.05) is 19.1 Å². The monoisotopic (exact) mass is 365 g/mol. The number of nitrogen functional groups attached to an aromatic ring is 1. The van der Waals surface area contributed by atoms with Gasteiger partial charge in [0, 0.05) is 16.6 Å². The average molecular weight is 366 g/mol. The number of rotatable bonds is 5. The van der Waals surface area contributed by atoms with Crippen molar-refractivity contribution in [3.05, 3.63) is 29.3 Å². The van der Waals surface area contributed by atoms with Crippen LogP contribution in [0.15, 0.2) is 29.4 Å². The summed E-state index contributed by atoms with van der Waals surface area (Å²) in [5.41, 5.74) is 0.823. The number of hydrogen-bond acceptors (Lipinski definition) is 5. The van der Waals surface area contributed by atoms with E-state index in [2.05, 4.69) is 15.5 Å². The minimum atomic E-state index is -0.282. The van der Waals surface area contributed by atoms with E-state index < -0.39 is 0 Å². The molecule has 3 rings (SSSR count). The van der Waals surface area contributed by atoms with E-state index >= 15 is 0 Å². The summed E-state index contributed by atoms with van der Waals surface area (Å²) in [4.78, 5) is 12.3. The van der Waals surface area contributed by atoms with E-state index in [0.29, 0.717) is 22.0 Å². The lowest BCUT2D eigenvalue weighted by atomic mass is 10.2. The highest BCUT2D eigenvalue weighted by Gasteiger charge is 2.23. The molecule has 1 aliphatic rings. The molecule has 0 saturated heterocycles. The number of thioether (sulfide) groups is 1.